The van der Waals surface area contributed by atoms with Crippen molar-refractivity contribution in [3.63, 3.8) is 0 Å². The summed E-state index contributed by atoms with van der Waals surface area (Å²) in [5.41, 5.74) is 1.66. The second kappa shape index (κ2) is 5.78. The predicted octanol–water partition coefficient (Wildman–Crippen LogP) is 5.16. The van der Waals surface area contributed by atoms with E-state index in [9.17, 15) is 26.3 Å². The van der Waals surface area contributed by atoms with Crippen molar-refractivity contribution in [3.8, 4) is 0 Å². The Morgan fingerprint density at radius 2 is 0.864 bits per heavy atom. The van der Waals surface area contributed by atoms with Crippen LogP contribution in [-0.2, 0) is 12.4 Å². The largest absolute Gasteiger partial charge is 0.418 e. The van der Waals surface area contributed by atoms with E-state index >= 15 is 0 Å². The Morgan fingerprint density at radius 1 is 0.545 bits per heavy atom. The van der Waals surface area contributed by atoms with Gasteiger partial charge in [-0.25, -0.2) is 0 Å². The average molecular weight is 320 g/mol. The summed E-state index contributed by atoms with van der Waals surface area (Å²) in [7, 11) is 0. The molecule has 118 valence electrons. The van der Waals surface area contributed by atoms with Crippen LogP contribution < -0.4 is 10.9 Å². The summed E-state index contributed by atoms with van der Waals surface area (Å²) in [4.78, 5) is 0. The number of hydrazine groups is 1. The molecule has 0 atom stereocenters. The van der Waals surface area contributed by atoms with Crippen molar-refractivity contribution in [2.24, 2.45) is 0 Å². The second-order valence-corrected chi connectivity index (χ2v) is 4.34. The minimum absolute atomic E-state index is 0.369. The molecule has 0 bridgehead atoms. The highest BCUT2D eigenvalue weighted by atomic mass is 19.4. The van der Waals surface area contributed by atoms with E-state index < -0.39 is 23.5 Å². The van der Waals surface area contributed by atoms with Gasteiger partial charge in [-0.05, 0) is 24.3 Å². The summed E-state index contributed by atoms with van der Waals surface area (Å²) in [6.45, 7) is 0. The van der Waals surface area contributed by atoms with Crippen LogP contribution in [-0.4, -0.2) is 0 Å². The summed E-state index contributed by atoms with van der Waals surface area (Å²) in [6.07, 6.45) is -9.23. The summed E-state index contributed by atoms with van der Waals surface area (Å²) in [6, 6.07) is 8.97. The van der Waals surface area contributed by atoms with Crippen LogP contribution in [0.25, 0.3) is 0 Å². The Balaban J connectivity index is 2.26. The molecule has 0 saturated carbocycles. The van der Waals surface area contributed by atoms with Gasteiger partial charge in [0, 0.05) is 0 Å². The molecule has 22 heavy (non-hydrogen) atoms. The summed E-state index contributed by atoms with van der Waals surface area (Å²) >= 11 is 0. The molecule has 8 heteroatoms. The minimum Gasteiger partial charge on any atom is -0.300 e. The Labute approximate surface area is 121 Å². The predicted molar refractivity (Wildman–Crippen MR) is 70.1 cm³/mol. The van der Waals surface area contributed by atoms with E-state index in [2.05, 4.69) is 10.9 Å². The van der Waals surface area contributed by atoms with Gasteiger partial charge in [0.1, 0.15) is 0 Å². The highest BCUT2D eigenvalue weighted by Gasteiger charge is 2.34. The van der Waals surface area contributed by atoms with Crippen molar-refractivity contribution in [1.29, 1.82) is 0 Å². The lowest BCUT2D eigenvalue weighted by atomic mass is 10.1. The van der Waals surface area contributed by atoms with E-state index in [4.69, 9.17) is 0 Å². The fourth-order valence-corrected chi connectivity index (χ4v) is 1.81. The molecule has 0 aliphatic rings. The van der Waals surface area contributed by atoms with Gasteiger partial charge in [-0.2, -0.15) is 26.3 Å². The third-order valence-electron chi connectivity index (χ3n) is 2.80. The van der Waals surface area contributed by atoms with Gasteiger partial charge in [-0.3, -0.25) is 0 Å². The molecule has 2 aromatic carbocycles. The van der Waals surface area contributed by atoms with Crippen LogP contribution in [0.3, 0.4) is 0 Å². The third kappa shape index (κ3) is 3.63. The fraction of sp³-hybridized carbons (Fsp3) is 0.143. The van der Waals surface area contributed by atoms with Gasteiger partial charge in [0.2, 0.25) is 0 Å². The number of hydrogen-bond acceptors (Lipinski definition) is 2. The van der Waals surface area contributed by atoms with Crippen LogP contribution in [0.2, 0.25) is 0 Å². The Morgan fingerprint density at radius 3 is 1.18 bits per heavy atom. The third-order valence-corrected chi connectivity index (χ3v) is 2.80. The second-order valence-electron chi connectivity index (χ2n) is 4.34. The topological polar surface area (TPSA) is 24.1 Å². The zero-order valence-electron chi connectivity index (χ0n) is 10.9. The zero-order chi connectivity index (χ0) is 16.4. The molecule has 0 unspecified atom stereocenters. The van der Waals surface area contributed by atoms with E-state index in [0.717, 1.165) is 24.3 Å². The lowest BCUT2D eigenvalue weighted by Gasteiger charge is -2.18. The van der Waals surface area contributed by atoms with Crippen molar-refractivity contribution in [1.82, 2.24) is 0 Å². The molecule has 0 spiro atoms. The molecule has 2 N–H and O–H groups in total. The molecule has 2 nitrogen and oxygen atoms in total. The molecule has 0 radical (unpaired) electrons. The Bertz CT molecular complexity index is 591. The van der Waals surface area contributed by atoms with Crippen molar-refractivity contribution in [3.05, 3.63) is 59.7 Å². The SMILES string of the molecule is FC(F)(F)c1ccccc1NNc1ccccc1C(F)(F)F. The summed E-state index contributed by atoms with van der Waals surface area (Å²) in [5.74, 6) is 0. The van der Waals surface area contributed by atoms with Crippen LogP contribution in [0, 0.1) is 0 Å². The van der Waals surface area contributed by atoms with Gasteiger partial charge in [-0.1, -0.05) is 24.3 Å². The molecule has 0 aliphatic carbocycles. The van der Waals surface area contributed by atoms with E-state index in [1.165, 1.54) is 24.3 Å². The minimum atomic E-state index is -4.62. The molecular weight excluding hydrogens is 310 g/mol. The van der Waals surface area contributed by atoms with E-state index in [0.29, 0.717) is 0 Å². The lowest BCUT2D eigenvalue weighted by molar-refractivity contribution is -0.138. The van der Waals surface area contributed by atoms with Crippen molar-refractivity contribution < 1.29 is 26.3 Å². The molecule has 2 rings (SSSR count). The van der Waals surface area contributed by atoms with Gasteiger partial charge in [-0.15, -0.1) is 0 Å². The monoisotopic (exact) mass is 320 g/mol. The maximum absolute atomic E-state index is 12.8. The molecule has 0 saturated heterocycles. The standard InChI is InChI=1S/C14H10F6N2/c15-13(16,17)9-5-1-3-7-11(9)21-22-12-8-4-2-6-10(12)14(18,19)20/h1-8,21-22H. The van der Waals surface area contributed by atoms with Crippen LogP contribution >= 0.6 is 0 Å². The molecule has 0 aliphatic heterocycles. The van der Waals surface area contributed by atoms with Gasteiger partial charge in [0.15, 0.2) is 0 Å². The number of anilines is 2. The number of para-hydroxylation sites is 2. The van der Waals surface area contributed by atoms with Crippen LogP contribution in [0.15, 0.2) is 48.5 Å². The summed E-state index contributed by atoms with van der Waals surface area (Å²) < 4.78 is 76.8. The van der Waals surface area contributed by atoms with E-state index in [-0.39, 0.29) is 11.4 Å². The highest BCUT2D eigenvalue weighted by molar-refractivity contribution is 5.60. The van der Waals surface area contributed by atoms with Gasteiger partial charge in [0.25, 0.3) is 0 Å². The number of benzene rings is 2. The number of hydrogen-bond donors (Lipinski definition) is 2. The van der Waals surface area contributed by atoms with Gasteiger partial charge >= 0.3 is 12.4 Å². The smallest absolute Gasteiger partial charge is 0.300 e. The molecule has 0 heterocycles. The average Bonchev–Trinajstić information content (AvgIpc) is 2.44. The maximum atomic E-state index is 12.8. The normalized spacial score (nSPS) is 12.1. The van der Waals surface area contributed by atoms with Crippen molar-refractivity contribution in [2.45, 2.75) is 12.4 Å². The van der Waals surface area contributed by atoms with Crippen LogP contribution in [0.4, 0.5) is 37.7 Å². The molecule has 0 fully saturated rings. The first kappa shape index (κ1) is 16.0. The number of halogens is 6. The van der Waals surface area contributed by atoms with E-state index in [1.54, 1.807) is 0 Å². The first-order valence-corrected chi connectivity index (χ1v) is 6.04. The Kier molecular flexibility index (Phi) is 4.20. The van der Waals surface area contributed by atoms with Crippen molar-refractivity contribution >= 4 is 11.4 Å². The zero-order valence-corrected chi connectivity index (χ0v) is 10.9. The first-order valence-electron chi connectivity index (χ1n) is 6.04. The first-order chi connectivity index (χ1) is 10.2. The maximum Gasteiger partial charge on any atom is 0.418 e. The van der Waals surface area contributed by atoms with E-state index in [1.807, 2.05) is 0 Å². The van der Waals surface area contributed by atoms with Crippen molar-refractivity contribution in [2.75, 3.05) is 10.9 Å². The van der Waals surface area contributed by atoms with Crippen LogP contribution in [0.5, 0.6) is 0 Å². The molecule has 0 aromatic heterocycles. The number of alkyl halides is 6. The van der Waals surface area contributed by atoms with Gasteiger partial charge in [0.05, 0.1) is 22.5 Å². The number of rotatable bonds is 3. The summed E-state index contributed by atoms with van der Waals surface area (Å²) in [5, 5.41) is 0. The van der Waals surface area contributed by atoms with Crippen LogP contribution in [0.1, 0.15) is 11.1 Å². The Hall–Kier alpha value is -2.38. The molecule has 2 aromatic rings. The molecular formula is C14H10F6N2. The molecule has 0 amide bonds. The quantitative estimate of drug-likeness (QED) is 0.603. The highest BCUT2D eigenvalue weighted by Crippen LogP contribution is 2.36. The van der Waals surface area contributed by atoms with Gasteiger partial charge < -0.3 is 10.9 Å². The fourth-order valence-electron chi connectivity index (χ4n) is 1.81. The lowest BCUT2D eigenvalue weighted by Crippen LogP contribution is -2.17. The number of nitrogens with one attached hydrogen (secondary N) is 2.